The maximum atomic E-state index is 11.6. The highest BCUT2D eigenvalue weighted by atomic mass is 35.5. The van der Waals surface area contributed by atoms with E-state index >= 15 is 0 Å². The molecule has 0 aromatic heterocycles. The van der Waals surface area contributed by atoms with E-state index in [1.54, 1.807) is 30.3 Å². The number of sulfonamides is 1. The van der Waals surface area contributed by atoms with Crippen molar-refractivity contribution in [3.05, 3.63) is 52.6 Å². The number of nitrogens with one attached hydrogen (secondary N) is 2. The van der Waals surface area contributed by atoms with Crippen molar-refractivity contribution < 1.29 is 22.9 Å². The van der Waals surface area contributed by atoms with Crippen molar-refractivity contribution in [2.45, 2.75) is 26.7 Å². The van der Waals surface area contributed by atoms with Gasteiger partial charge in [0.2, 0.25) is 15.9 Å². The molecule has 12 heteroatoms. The normalized spacial score (nSPS) is 10.1. The van der Waals surface area contributed by atoms with Crippen molar-refractivity contribution in [1.29, 1.82) is 0 Å². The Morgan fingerprint density at radius 1 is 1.19 bits per heavy atom. The van der Waals surface area contributed by atoms with E-state index in [4.69, 9.17) is 10.5 Å². The van der Waals surface area contributed by atoms with Gasteiger partial charge in [0.25, 0.3) is 5.69 Å². The average molecular weight is 475 g/mol. The summed E-state index contributed by atoms with van der Waals surface area (Å²) >= 11 is 0. The minimum absolute atomic E-state index is 0. The molecule has 10 nitrogen and oxygen atoms in total. The topological polar surface area (TPSA) is 154 Å². The van der Waals surface area contributed by atoms with E-state index in [2.05, 4.69) is 17.0 Å². The number of nitro groups is 1. The van der Waals surface area contributed by atoms with Gasteiger partial charge in [0.05, 0.1) is 22.9 Å². The van der Waals surface area contributed by atoms with E-state index in [-0.39, 0.29) is 29.5 Å². The number of halogens is 1. The largest absolute Gasteiger partial charge is 0.455 e. The lowest BCUT2D eigenvalue weighted by molar-refractivity contribution is -0.384. The van der Waals surface area contributed by atoms with Crippen LogP contribution in [0.5, 0.6) is 11.5 Å². The molecule has 0 fully saturated rings. The second-order valence-electron chi connectivity index (χ2n) is 6.24. The summed E-state index contributed by atoms with van der Waals surface area (Å²) in [4.78, 5) is 21.8. The summed E-state index contributed by atoms with van der Waals surface area (Å²) in [6, 6.07) is 10.5. The monoisotopic (exact) mass is 474 g/mol. The van der Waals surface area contributed by atoms with Gasteiger partial charge in [-0.15, -0.1) is 12.4 Å². The van der Waals surface area contributed by atoms with Crippen LogP contribution in [-0.4, -0.2) is 32.0 Å². The Bertz CT molecular complexity index is 969. The molecular formula is C19H27ClN4O6S. The Balaban J connectivity index is 0.00000135. The van der Waals surface area contributed by atoms with Crippen LogP contribution in [0, 0.1) is 10.1 Å². The Kier molecular flexibility index (Phi) is 12.2. The van der Waals surface area contributed by atoms with Gasteiger partial charge in [0, 0.05) is 6.92 Å². The van der Waals surface area contributed by atoms with E-state index in [9.17, 15) is 23.3 Å². The zero-order valence-electron chi connectivity index (χ0n) is 17.5. The van der Waals surface area contributed by atoms with Gasteiger partial charge in [-0.05, 0) is 31.2 Å². The summed E-state index contributed by atoms with van der Waals surface area (Å²) < 4.78 is 30.9. The Morgan fingerprint density at radius 2 is 1.81 bits per heavy atom. The number of unbranched alkanes of at least 4 members (excludes halogenated alkanes) is 1. The predicted molar refractivity (Wildman–Crippen MR) is 124 cm³/mol. The van der Waals surface area contributed by atoms with Crippen molar-refractivity contribution in [2.75, 3.05) is 22.8 Å². The number of hydrogen-bond donors (Lipinski definition) is 3. The number of para-hydroxylation sites is 1. The SMILES string of the molecule is CC(=O)Nc1cc(NS(C)(=O)=O)c(Oc2ccccc2)cc1[N+](=O)[O-].CCCCN.Cl. The molecule has 2 rings (SSSR count). The van der Waals surface area contributed by atoms with E-state index in [1.807, 2.05) is 0 Å². The molecule has 0 aliphatic rings. The number of rotatable bonds is 8. The summed E-state index contributed by atoms with van der Waals surface area (Å²) in [6.07, 6.45) is 3.31. The Hall–Kier alpha value is -2.89. The maximum Gasteiger partial charge on any atom is 0.296 e. The zero-order chi connectivity index (χ0) is 22.7. The van der Waals surface area contributed by atoms with E-state index < -0.39 is 26.5 Å². The van der Waals surface area contributed by atoms with Gasteiger partial charge in [-0.25, -0.2) is 8.42 Å². The molecule has 0 unspecified atom stereocenters. The molecule has 0 heterocycles. The van der Waals surface area contributed by atoms with E-state index in [0.29, 0.717) is 5.75 Å². The summed E-state index contributed by atoms with van der Waals surface area (Å²) in [6.45, 7) is 4.16. The molecule has 0 atom stereocenters. The highest BCUT2D eigenvalue weighted by Gasteiger charge is 2.22. The lowest BCUT2D eigenvalue weighted by atomic mass is 10.2. The number of hydrogen-bond acceptors (Lipinski definition) is 7. The molecule has 0 radical (unpaired) electrons. The van der Waals surface area contributed by atoms with Gasteiger partial charge in [0.15, 0.2) is 5.75 Å². The van der Waals surface area contributed by atoms with Crippen molar-refractivity contribution >= 4 is 45.4 Å². The molecule has 172 valence electrons. The standard InChI is InChI=1S/C15H15N3O6S.C4H11N.ClH/c1-10(19)16-12-8-13(17-25(2,22)23)15(9-14(12)18(20)21)24-11-6-4-3-5-7-11;1-2-3-4-5;/h3-9,17H,1-2H3,(H,16,19);2-5H2,1H3;1H. The van der Waals surface area contributed by atoms with E-state index in [1.165, 1.54) is 19.8 Å². The average Bonchev–Trinajstić information content (AvgIpc) is 2.64. The highest BCUT2D eigenvalue weighted by molar-refractivity contribution is 7.92. The Labute approximate surface area is 187 Å². The van der Waals surface area contributed by atoms with Crippen molar-refractivity contribution in [3.63, 3.8) is 0 Å². The molecule has 4 N–H and O–H groups in total. The predicted octanol–water partition coefficient (Wildman–Crippen LogP) is 3.88. The van der Waals surface area contributed by atoms with Crippen LogP contribution in [0.1, 0.15) is 26.7 Å². The molecule has 0 aliphatic heterocycles. The number of carbonyl (C=O) groups excluding carboxylic acids is 1. The molecule has 2 aromatic carbocycles. The first-order valence-electron chi connectivity index (χ1n) is 9.08. The van der Waals surface area contributed by atoms with Crippen LogP contribution in [0.3, 0.4) is 0 Å². The first-order valence-corrected chi connectivity index (χ1v) is 11.0. The van der Waals surface area contributed by atoms with Crippen LogP contribution in [0.25, 0.3) is 0 Å². The van der Waals surface area contributed by atoms with Crippen molar-refractivity contribution in [3.8, 4) is 11.5 Å². The molecule has 2 aromatic rings. The van der Waals surface area contributed by atoms with Crippen molar-refractivity contribution in [2.24, 2.45) is 5.73 Å². The summed E-state index contributed by atoms with van der Waals surface area (Å²) in [5.41, 5.74) is 4.52. The molecular weight excluding hydrogens is 448 g/mol. The minimum Gasteiger partial charge on any atom is -0.455 e. The van der Waals surface area contributed by atoms with Crippen LogP contribution < -0.4 is 20.5 Å². The van der Waals surface area contributed by atoms with Gasteiger partial charge in [-0.1, -0.05) is 31.5 Å². The van der Waals surface area contributed by atoms with Gasteiger partial charge >= 0.3 is 0 Å². The number of benzene rings is 2. The number of nitrogens with two attached hydrogens (primary N) is 1. The first kappa shape index (κ1) is 28.1. The molecule has 0 saturated heterocycles. The van der Waals surface area contributed by atoms with Gasteiger partial charge in [0.1, 0.15) is 11.4 Å². The number of nitrogens with zero attached hydrogens (tertiary/aromatic N) is 1. The fourth-order valence-corrected chi connectivity index (χ4v) is 2.75. The first-order chi connectivity index (χ1) is 14.1. The summed E-state index contributed by atoms with van der Waals surface area (Å²) in [7, 11) is -3.68. The lowest BCUT2D eigenvalue weighted by Gasteiger charge is -2.14. The van der Waals surface area contributed by atoms with Crippen LogP contribution in [0.2, 0.25) is 0 Å². The number of ether oxygens (including phenoxy) is 1. The fraction of sp³-hybridized carbons (Fsp3) is 0.316. The molecule has 0 saturated carbocycles. The minimum atomic E-state index is -3.68. The maximum absolute atomic E-state index is 11.6. The summed E-state index contributed by atoms with van der Waals surface area (Å²) in [5.74, 6) is -0.247. The second-order valence-corrected chi connectivity index (χ2v) is 7.98. The number of anilines is 2. The van der Waals surface area contributed by atoms with Gasteiger partial charge in [-0.3, -0.25) is 19.6 Å². The molecule has 1 amide bonds. The van der Waals surface area contributed by atoms with E-state index in [0.717, 1.165) is 24.9 Å². The lowest BCUT2D eigenvalue weighted by Crippen LogP contribution is -2.13. The molecule has 0 aliphatic carbocycles. The third kappa shape index (κ3) is 10.6. The second kappa shape index (κ2) is 13.4. The van der Waals surface area contributed by atoms with Crippen LogP contribution >= 0.6 is 12.4 Å². The fourth-order valence-electron chi connectivity index (χ4n) is 2.19. The number of amides is 1. The van der Waals surface area contributed by atoms with Crippen molar-refractivity contribution in [1.82, 2.24) is 0 Å². The third-order valence-electron chi connectivity index (χ3n) is 3.43. The molecule has 0 spiro atoms. The smallest absolute Gasteiger partial charge is 0.296 e. The molecule has 0 bridgehead atoms. The Morgan fingerprint density at radius 3 is 2.23 bits per heavy atom. The van der Waals surface area contributed by atoms with Gasteiger partial charge < -0.3 is 15.8 Å². The summed E-state index contributed by atoms with van der Waals surface area (Å²) in [5, 5.41) is 13.6. The third-order valence-corrected chi connectivity index (χ3v) is 4.02. The quantitative estimate of drug-likeness (QED) is 0.387. The van der Waals surface area contributed by atoms with Gasteiger partial charge in [-0.2, -0.15) is 0 Å². The highest BCUT2D eigenvalue weighted by Crippen LogP contribution is 2.39. The number of carbonyl (C=O) groups is 1. The van der Waals surface area contributed by atoms with Crippen LogP contribution in [0.4, 0.5) is 17.1 Å². The van der Waals surface area contributed by atoms with Crippen LogP contribution in [-0.2, 0) is 14.8 Å². The molecule has 31 heavy (non-hydrogen) atoms. The zero-order valence-corrected chi connectivity index (χ0v) is 19.1. The van der Waals surface area contributed by atoms with Crippen LogP contribution in [0.15, 0.2) is 42.5 Å². The number of nitro benzene ring substituents is 1.